The molecule has 6 aromatic carbocycles. The molecule has 0 aromatic heterocycles. The van der Waals surface area contributed by atoms with Crippen molar-refractivity contribution in [2.75, 3.05) is 0 Å². The number of allylic oxidation sites excluding steroid dienone is 8. The minimum Gasteiger partial charge on any atom is -0.0622 e. The fraction of sp³-hybridized carbons (Fsp3) is 0. The van der Waals surface area contributed by atoms with Gasteiger partial charge in [-0.2, -0.15) is 0 Å². The Hall–Kier alpha value is -4.60. The Labute approximate surface area is 302 Å². The quantitative estimate of drug-likeness (QED) is 0.120. The van der Waals surface area contributed by atoms with Crippen LogP contribution in [0.15, 0.2) is 231 Å². The predicted octanol–water partition coefficient (Wildman–Crippen LogP) is 8.56. The third-order valence-corrected chi connectivity index (χ3v) is 17.5. The van der Waals surface area contributed by atoms with Crippen LogP contribution in [0.3, 0.4) is 0 Å². The third kappa shape index (κ3) is 6.70. The van der Waals surface area contributed by atoms with E-state index in [0.717, 1.165) is 0 Å². The first kappa shape index (κ1) is 34.3. The van der Waals surface area contributed by atoms with Gasteiger partial charge in [0.25, 0.3) is 0 Å². The molecule has 8 rings (SSSR count). The van der Waals surface area contributed by atoms with Gasteiger partial charge in [0.05, 0.1) is 0 Å². The molecule has 0 atom stereocenters. The second-order valence-corrected chi connectivity index (χ2v) is 18.5. The zero-order valence-corrected chi connectivity index (χ0v) is 30.1. The van der Waals surface area contributed by atoms with Crippen molar-refractivity contribution in [2.45, 2.75) is 0 Å². The van der Waals surface area contributed by atoms with E-state index in [2.05, 4.69) is 231 Å². The standard InChI is InChI=1S/2C23H19P.Fe/c2*1-4-12-20(13-5-1)24(23-18-10-11-19-23,21-14-6-2-7-15-21)22-16-8-3-9-17-22;/h2*1-19H;/q;;+2. The van der Waals surface area contributed by atoms with E-state index in [1.54, 1.807) is 0 Å². The van der Waals surface area contributed by atoms with Gasteiger partial charge in [0.15, 0.2) is 0 Å². The molecule has 2 aliphatic rings. The second kappa shape index (κ2) is 16.2. The van der Waals surface area contributed by atoms with E-state index in [0.29, 0.717) is 0 Å². The Kier molecular flexibility index (Phi) is 11.3. The van der Waals surface area contributed by atoms with Crippen LogP contribution in [0.25, 0.3) is 0 Å². The summed E-state index contributed by atoms with van der Waals surface area (Å²) < 4.78 is 0. The van der Waals surface area contributed by atoms with Crippen molar-refractivity contribution >= 4 is 56.2 Å². The van der Waals surface area contributed by atoms with Crippen LogP contribution in [0, 0.1) is 0 Å². The van der Waals surface area contributed by atoms with Crippen LogP contribution in [-0.4, -0.2) is 10.6 Å². The van der Waals surface area contributed by atoms with Crippen LogP contribution in [0.4, 0.5) is 0 Å². The van der Waals surface area contributed by atoms with Crippen LogP contribution in [0.1, 0.15) is 0 Å². The molecule has 0 amide bonds. The first-order chi connectivity index (χ1) is 23.8. The molecule has 0 saturated carbocycles. The summed E-state index contributed by atoms with van der Waals surface area (Å²) in [4.78, 5) is 0. The van der Waals surface area contributed by atoms with Crippen LogP contribution in [-0.2, 0) is 17.1 Å². The number of hydrogen-bond acceptors (Lipinski definition) is 0. The number of benzene rings is 6. The summed E-state index contributed by atoms with van der Waals surface area (Å²) in [7, 11) is 0. The van der Waals surface area contributed by atoms with Crippen molar-refractivity contribution in [3.05, 3.63) is 231 Å². The molecule has 0 N–H and O–H groups in total. The molecule has 0 fully saturated rings. The smallest absolute Gasteiger partial charge is 0.0622 e. The molecule has 0 spiro atoms. The van der Waals surface area contributed by atoms with Crippen molar-refractivity contribution < 1.29 is 17.1 Å². The molecular formula is C46H38FeP2+2. The van der Waals surface area contributed by atoms with Crippen molar-refractivity contribution in [2.24, 2.45) is 0 Å². The number of hydrogen-bond donors (Lipinski definition) is 0. The zero-order chi connectivity index (χ0) is 32.5. The van der Waals surface area contributed by atoms with Gasteiger partial charge in [-0.25, -0.2) is 0 Å². The average molecular weight is 709 g/mol. The molecule has 3 heteroatoms. The van der Waals surface area contributed by atoms with Crippen molar-refractivity contribution in [3.63, 3.8) is 0 Å². The Bertz CT molecular complexity index is 1800. The second-order valence-electron chi connectivity index (χ2n) is 11.6. The molecule has 0 aliphatic heterocycles. The van der Waals surface area contributed by atoms with E-state index in [1.807, 2.05) is 0 Å². The van der Waals surface area contributed by atoms with E-state index in [-0.39, 0.29) is 17.1 Å². The molecule has 0 saturated heterocycles. The Morgan fingerprint density at radius 3 is 0.551 bits per heavy atom. The van der Waals surface area contributed by atoms with Crippen LogP contribution >= 0.6 is 13.8 Å². The molecule has 0 unspecified atom stereocenters. The minimum atomic E-state index is -1.86. The average Bonchev–Trinajstić information content (AvgIpc) is 3.92. The first-order valence-electron chi connectivity index (χ1n) is 16.4. The van der Waals surface area contributed by atoms with Gasteiger partial charge < -0.3 is 0 Å². The Balaban J connectivity index is 0.000000167. The Morgan fingerprint density at radius 1 is 0.224 bits per heavy atom. The summed E-state index contributed by atoms with van der Waals surface area (Å²) >= 11 is 0. The normalized spacial score (nSPS) is 13.1. The van der Waals surface area contributed by atoms with Crippen molar-refractivity contribution in [3.8, 4) is 0 Å². The first-order valence-corrected chi connectivity index (χ1v) is 20.0. The van der Waals surface area contributed by atoms with E-state index in [9.17, 15) is 0 Å². The van der Waals surface area contributed by atoms with E-state index in [1.165, 1.54) is 42.4 Å². The van der Waals surface area contributed by atoms with Gasteiger partial charge in [-0.3, -0.25) is 0 Å². The fourth-order valence-corrected chi connectivity index (χ4v) is 15.4. The molecule has 2 aliphatic carbocycles. The predicted molar refractivity (Wildman–Crippen MR) is 217 cm³/mol. The van der Waals surface area contributed by atoms with Crippen LogP contribution in [0.5, 0.6) is 0 Å². The topological polar surface area (TPSA) is 0 Å². The number of rotatable bonds is 6. The summed E-state index contributed by atoms with van der Waals surface area (Å²) in [6.07, 6.45) is 17.7. The molecule has 49 heavy (non-hydrogen) atoms. The monoisotopic (exact) mass is 708 g/mol. The Morgan fingerprint density at radius 2 is 0.388 bits per heavy atom. The molecule has 238 valence electrons. The minimum absolute atomic E-state index is 0. The van der Waals surface area contributed by atoms with E-state index >= 15 is 0 Å². The summed E-state index contributed by atoms with van der Waals surface area (Å²) in [5, 5.41) is 11.2. The summed E-state index contributed by atoms with van der Waals surface area (Å²) in [5.74, 6) is 0. The van der Waals surface area contributed by atoms with E-state index in [4.69, 9.17) is 0 Å². The molecule has 0 radical (unpaired) electrons. The van der Waals surface area contributed by atoms with Gasteiger partial charge in [-0.05, 0) is 56.2 Å². The molecule has 0 bridgehead atoms. The van der Waals surface area contributed by atoms with Crippen molar-refractivity contribution in [1.29, 1.82) is 0 Å². The molecule has 0 heterocycles. The fourth-order valence-electron chi connectivity index (χ4n) is 6.87. The SMILES string of the molecule is C1=CC(=P(c2ccccc2)(c2ccccc2)c2ccccc2)C=C1.C1=CC(=P(c2ccccc2)(c2ccccc2)c2ccccc2)C=C1.[Fe+2]. The maximum absolute atomic E-state index is 2.28. The summed E-state index contributed by atoms with van der Waals surface area (Å²) in [6.45, 7) is -3.72. The largest absolute Gasteiger partial charge is 2.00 e. The van der Waals surface area contributed by atoms with Gasteiger partial charge >= 0.3 is 17.1 Å². The molecule has 0 nitrogen and oxygen atoms in total. The van der Waals surface area contributed by atoms with Gasteiger partial charge in [0.2, 0.25) is 0 Å². The maximum Gasteiger partial charge on any atom is 2.00 e. The van der Waals surface area contributed by atoms with Crippen LogP contribution < -0.4 is 31.8 Å². The van der Waals surface area contributed by atoms with E-state index < -0.39 is 13.8 Å². The molecular weight excluding hydrogens is 670 g/mol. The van der Waals surface area contributed by atoms with Crippen LogP contribution in [0.2, 0.25) is 0 Å². The molecule has 6 aromatic rings. The van der Waals surface area contributed by atoms with Gasteiger partial charge in [0, 0.05) is 0 Å². The summed E-state index contributed by atoms with van der Waals surface area (Å²) in [5.41, 5.74) is 0. The van der Waals surface area contributed by atoms with Gasteiger partial charge in [-0.1, -0.05) is 231 Å². The van der Waals surface area contributed by atoms with Gasteiger partial charge in [-0.15, -0.1) is 0 Å². The maximum atomic E-state index is 2.28. The van der Waals surface area contributed by atoms with Crippen molar-refractivity contribution in [1.82, 2.24) is 0 Å². The third-order valence-electron chi connectivity index (χ3n) is 8.93. The zero-order valence-electron chi connectivity index (χ0n) is 27.2. The van der Waals surface area contributed by atoms with Gasteiger partial charge in [0.1, 0.15) is 0 Å². The summed E-state index contributed by atoms with van der Waals surface area (Å²) in [6, 6.07) is 65.7.